The summed E-state index contributed by atoms with van der Waals surface area (Å²) in [5.74, 6) is 0.944. The van der Waals surface area contributed by atoms with Gasteiger partial charge in [0, 0.05) is 13.1 Å². The van der Waals surface area contributed by atoms with Crippen LogP contribution < -0.4 is 4.90 Å². The van der Waals surface area contributed by atoms with Crippen molar-refractivity contribution in [3.63, 3.8) is 0 Å². The molecule has 6 heteroatoms. The lowest BCUT2D eigenvalue weighted by atomic mass is 10.2. The van der Waals surface area contributed by atoms with Gasteiger partial charge in [-0.05, 0) is 32.5 Å². The third-order valence-corrected chi connectivity index (χ3v) is 3.36. The van der Waals surface area contributed by atoms with Gasteiger partial charge in [0.1, 0.15) is 0 Å². The van der Waals surface area contributed by atoms with Crippen molar-refractivity contribution in [2.24, 2.45) is 0 Å². The van der Waals surface area contributed by atoms with Gasteiger partial charge in [-0.2, -0.15) is 0 Å². The van der Waals surface area contributed by atoms with Gasteiger partial charge in [-0.25, -0.2) is 5.10 Å². The number of nitrogens with zero attached hydrogens (tertiary/aromatic N) is 3. The minimum Gasteiger partial charge on any atom is -0.375 e. The molecule has 2 rings (SSSR count). The Bertz CT molecular complexity index is 427. The molecule has 0 spiro atoms. The number of ether oxygens (including phenoxy) is 1. The highest BCUT2D eigenvalue weighted by atomic mass is 32.1. The first kappa shape index (κ1) is 12.6. The van der Waals surface area contributed by atoms with Crippen LogP contribution in [0.4, 0.5) is 5.95 Å². The Kier molecular flexibility index (Phi) is 3.83. The number of nitrogens with one attached hydrogen (secondary N) is 1. The molecule has 0 bridgehead atoms. The quantitative estimate of drug-likeness (QED) is 0.840. The number of aromatic amines is 1. The van der Waals surface area contributed by atoms with E-state index in [1.807, 2.05) is 0 Å². The minimum atomic E-state index is 0.242. The average Bonchev–Trinajstić information content (AvgIpc) is 2.65. The van der Waals surface area contributed by atoms with Gasteiger partial charge in [0.05, 0.1) is 18.8 Å². The zero-order chi connectivity index (χ0) is 12.4. The number of hydrogen-bond acceptors (Lipinski definition) is 4. The molecule has 96 valence electrons. The summed E-state index contributed by atoms with van der Waals surface area (Å²) in [6.45, 7) is 8.90. The number of morpholine rings is 1. The van der Waals surface area contributed by atoms with Crippen molar-refractivity contribution in [2.75, 3.05) is 18.1 Å². The first-order valence-corrected chi connectivity index (χ1v) is 6.57. The van der Waals surface area contributed by atoms with Crippen molar-refractivity contribution < 1.29 is 4.74 Å². The van der Waals surface area contributed by atoms with Crippen LogP contribution in [0.1, 0.15) is 27.2 Å². The van der Waals surface area contributed by atoms with E-state index < -0.39 is 0 Å². The Balaban J connectivity index is 2.28. The molecule has 5 nitrogen and oxygen atoms in total. The number of H-pyrrole nitrogens is 1. The molecule has 0 amide bonds. The minimum absolute atomic E-state index is 0.242. The van der Waals surface area contributed by atoms with Crippen LogP contribution >= 0.6 is 12.2 Å². The largest absolute Gasteiger partial charge is 0.375 e. The molecule has 2 heterocycles. The number of rotatable bonds is 3. The smallest absolute Gasteiger partial charge is 0.226 e. The van der Waals surface area contributed by atoms with E-state index in [4.69, 9.17) is 17.0 Å². The molecular weight excluding hydrogens is 236 g/mol. The van der Waals surface area contributed by atoms with E-state index in [0.717, 1.165) is 32.1 Å². The van der Waals surface area contributed by atoms with Gasteiger partial charge in [0.2, 0.25) is 5.95 Å². The Labute approximate surface area is 107 Å². The van der Waals surface area contributed by atoms with E-state index in [2.05, 4.69) is 40.4 Å². The van der Waals surface area contributed by atoms with E-state index in [1.54, 1.807) is 0 Å². The van der Waals surface area contributed by atoms with E-state index in [1.165, 1.54) is 0 Å². The molecule has 1 aliphatic heterocycles. The summed E-state index contributed by atoms with van der Waals surface area (Å²) in [6.07, 6.45) is 1.29. The summed E-state index contributed by atoms with van der Waals surface area (Å²) in [5, 5.41) is 7.25. The molecule has 1 N–H and O–H groups in total. The van der Waals surface area contributed by atoms with E-state index in [0.29, 0.717) is 10.8 Å². The normalized spacial score (nSPS) is 25.2. The van der Waals surface area contributed by atoms with Crippen molar-refractivity contribution in [1.29, 1.82) is 0 Å². The molecule has 0 saturated carbocycles. The van der Waals surface area contributed by atoms with E-state index >= 15 is 0 Å². The highest BCUT2D eigenvalue weighted by molar-refractivity contribution is 7.71. The molecular formula is C11H20N4OS. The molecule has 1 aromatic heterocycles. The lowest BCUT2D eigenvalue weighted by molar-refractivity contribution is 0.0334. The van der Waals surface area contributed by atoms with Crippen LogP contribution in [-0.2, 0) is 11.3 Å². The van der Waals surface area contributed by atoms with Crippen LogP contribution in [0, 0.1) is 4.77 Å². The highest BCUT2D eigenvalue weighted by Gasteiger charge is 2.27. The van der Waals surface area contributed by atoms with Crippen LogP contribution in [0.25, 0.3) is 0 Å². The topological polar surface area (TPSA) is 46.1 Å². The van der Waals surface area contributed by atoms with Crippen LogP contribution in [0.5, 0.6) is 0 Å². The monoisotopic (exact) mass is 256 g/mol. The Morgan fingerprint density at radius 1 is 1.53 bits per heavy atom. The van der Waals surface area contributed by atoms with Gasteiger partial charge >= 0.3 is 0 Å². The second kappa shape index (κ2) is 5.18. The van der Waals surface area contributed by atoms with Crippen LogP contribution in [-0.4, -0.2) is 40.1 Å². The second-order valence-corrected chi connectivity index (χ2v) is 5.01. The lowest BCUT2D eigenvalue weighted by Gasteiger charge is -2.37. The van der Waals surface area contributed by atoms with Crippen molar-refractivity contribution in [1.82, 2.24) is 14.8 Å². The van der Waals surface area contributed by atoms with Gasteiger partial charge < -0.3 is 9.64 Å². The predicted octanol–water partition coefficient (Wildman–Crippen LogP) is 1.96. The summed E-state index contributed by atoms with van der Waals surface area (Å²) in [5.41, 5.74) is 0. The fourth-order valence-corrected chi connectivity index (χ4v) is 2.35. The van der Waals surface area contributed by atoms with Crippen LogP contribution in [0.2, 0.25) is 0 Å². The Morgan fingerprint density at radius 3 is 3.00 bits per heavy atom. The molecule has 0 aliphatic carbocycles. The van der Waals surface area contributed by atoms with Gasteiger partial charge in [-0.15, -0.1) is 5.10 Å². The molecule has 1 aromatic rings. The molecule has 2 atom stereocenters. The molecule has 1 fully saturated rings. The zero-order valence-corrected chi connectivity index (χ0v) is 11.5. The van der Waals surface area contributed by atoms with Crippen LogP contribution in [0.3, 0.4) is 0 Å². The van der Waals surface area contributed by atoms with E-state index in [-0.39, 0.29) is 6.10 Å². The maximum Gasteiger partial charge on any atom is 0.226 e. The van der Waals surface area contributed by atoms with Crippen molar-refractivity contribution >= 4 is 18.2 Å². The van der Waals surface area contributed by atoms with Crippen molar-refractivity contribution in [3.05, 3.63) is 4.77 Å². The molecule has 0 aromatic carbocycles. The maximum absolute atomic E-state index is 5.63. The molecule has 0 radical (unpaired) electrons. The van der Waals surface area contributed by atoms with Crippen molar-refractivity contribution in [3.8, 4) is 0 Å². The summed E-state index contributed by atoms with van der Waals surface area (Å²) in [6, 6.07) is 0.340. The Morgan fingerprint density at radius 2 is 2.29 bits per heavy atom. The number of aromatic nitrogens is 3. The molecule has 1 saturated heterocycles. The number of anilines is 1. The third-order valence-electron chi connectivity index (χ3n) is 3.05. The average molecular weight is 256 g/mol. The van der Waals surface area contributed by atoms with Gasteiger partial charge in [-0.3, -0.25) is 4.57 Å². The third kappa shape index (κ3) is 2.52. The first-order chi connectivity index (χ1) is 8.13. The molecule has 1 aliphatic rings. The number of hydrogen-bond donors (Lipinski definition) is 1. The SMILES string of the molecule is CCCn1c(N2CC(C)OCC2C)n[nH]c1=S. The molecule has 17 heavy (non-hydrogen) atoms. The fourth-order valence-electron chi connectivity index (χ4n) is 2.14. The summed E-state index contributed by atoms with van der Waals surface area (Å²) in [7, 11) is 0. The second-order valence-electron chi connectivity index (χ2n) is 4.63. The fraction of sp³-hybridized carbons (Fsp3) is 0.818. The zero-order valence-electron chi connectivity index (χ0n) is 10.6. The van der Waals surface area contributed by atoms with Crippen molar-refractivity contribution in [2.45, 2.75) is 45.9 Å². The van der Waals surface area contributed by atoms with Gasteiger partial charge in [0.25, 0.3) is 0 Å². The van der Waals surface area contributed by atoms with Gasteiger partial charge in [-0.1, -0.05) is 6.92 Å². The maximum atomic E-state index is 5.63. The Hall–Kier alpha value is -0.880. The predicted molar refractivity (Wildman–Crippen MR) is 69.9 cm³/mol. The summed E-state index contributed by atoms with van der Waals surface area (Å²) in [4.78, 5) is 2.27. The van der Waals surface area contributed by atoms with Gasteiger partial charge in [0.15, 0.2) is 4.77 Å². The molecule has 2 unspecified atom stereocenters. The first-order valence-electron chi connectivity index (χ1n) is 6.17. The lowest BCUT2D eigenvalue weighted by Crippen LogP contribution is -2.48. The van der Waals surface area contributed by atoms with E-state index in [9.17, 15) is 0 Å². The standard InChI is InChI=1S/C11H20N4OS/c1-4-5-14-10(12-13-11(14)17)15-6-9(3)16-7-8(15)2/h8-9H,4-7H2,1-3H3,(H,13,17). The van der Waals surface area contributed by atoms with Crippen LogP contribution in [0.15, 0.2) is 0 Å². The highest BCUT2D eigenvalue weighted by Crippen LogP contribution is 2.20. The summed E-state index contributed by atoms with van der Waals surface area (Å²) >= 11 is 5.26. The summed E-state index contributed by atoms with van der Waals surface area (Å²) < 4.78 is 8.41.